The fourth-order valence-electron chi connectivity index (χ4n) is 7.87. The normalized spacial score (nSPS) is 33.6. The highest BCUT2D eigenvalue weighted by Gasteiger charge is 2.73. The van der Waals surface area contributed by atoms with Gasteiger partial charge in [0, 0.05) is 17.9 Å². The summed E-state index contributed by atoms with van der Waals surface area (Å²) in [5, 5.41) is -3.32. The second-order valence-corrected chi connectivity index (χ2v) is 15.3. The highest BCUT2D eigenvalue weighted by molar-refractivity contribution is 7.88. The quantitative estimate of drug-likeness (QED) is 0.219. The second kappa shape index (κ2) is 10.6. The first kappa shape index (κ1) is 34.0. The maximum atomic E-state index is 14.3. The lowest BCUT2D eigenvalue weighted by molar-refractivity contribution is -0.435. The summed E-state index contributed by atoms with van der Waals surface area (Å²) in [5.74, 6) is -0.166. The zero-order chi connectivity index (χ0) is 32.6. The average Bonchev–Trinajstić information content (AvgIpc) is 3.19. The van der Waals surface area contributed by atoms with Crippen molar-refractivity contribution in [3.8, 4) is 0 Å². The van der Waals surface area contributed by atoms with Crippen LogP contribution < -0.4 is 5.32 Å². The zero-order valence-electron chi connectivity index (χ0n) is 24.5. The van der Waals surface area contributed by atoms with Crippen molar-refractivity contribution in [3.63, 3.8) is 0 Å². The molecule has 4 aliphatic carbocycles. The molecule has 4 aliphatic rings. The molecule has 1 amide bonds. The molecule has 6 nitrogen and oxygen atoms in total. The zero-order valence-corrected chi connectivity index (χ0v) is 25.3. The molecule has 15 heteroatoms. The molecular formula is C28H37F8NO5S. The standard InChI is InChI=1S/C28H37F8NO5S/c1-23(2,3)37-21(38)20-9-8-18-17-7-6-15-14-16(10-12-24(15,4)19(17)11-13-25(18,20)5)41-43(39,40)28(35,36)27(33,34)42-26(31,32)22(29)30/h6,14,17-20,22H,7-13H2,1-5H3,(H,37,38)/t17-,18-,19-,20+,24-,25-/m0/s1. The van der Waals surface area contributed by atoms with Gasteiger partial charge >= 0.3 is 34.0 Å². The minimum atomic E-state index is -6.66. The lowest BCUT2D eigenvalue weighted by Crippen LogP contribution is -2.53. The van der Waals surface area contributed by atoms with Gasteiger partial charge in [-0.15, -0.1) is 0 Å². The lowest BCUT2D eigenvalue weighted by Gasteiger charge is -2.57. The molecule has 246 valence electrons. The predicted molar refractivity (Wildman–Crippen MR) is 138 cm³/mol. The Balaban J connectivity index is 1.54. The Hall–Kier alpha value is -1.90. The van der Waals surface area contributed by atoms with E-state index >= 15 is 0 Å². The summed E-state index contributed by atoms with van der Waals surface area (Å²) in [5.41, 5.74) is -0.541. The molecule has 0 unspecified atom stereocenters. The first-order valence-corrected chi connectivity index (χ1v) is 15.6. The Morgan fingerprint density at radius 2 is 1.63 bits per heavy atom. The van der Waals surface area contributed by atoms with Gasteiger partial charge in [0.15, 0.2) is 0 Å². The smallest absolute Gasteiger partial charge is 0.382 e. The van der Waals surface area contributed by atoms with Gasteiger partial charge in [0.1, 0.15) is 5.76 Å². The number of carbonyl (C=O) groups excluding carboxylic acids is 1. The fraction of sp³-hybridized carbons (Fsp3) is 0.821. The molecule has 0 heterocycles. The fourth-order valence-corrected chi connectivity index (χ4v) is 8.72. The molecule has 0 radical (unpaired) electrons. The van der Waals surface area contributed by atoms with Crippen LogP contribution in [0, 0.1) is 34.5 Å². The molecule has 2 saturated carbocycles. The average molecular weight is 652 g/mol. The third-order valence-corrected chi connectivity index (χ3v) is 11.2. The van der Waals surface area contributed by atoms with Crippen molar-refractivity contribution in [2.24, 2.45) is 34.5 Å². The van der Waals surface area contributed by atoms with Gasteiger partial charge in [0.05, 0.1) is 0 Å². The van der Waals surface area contributed by atoms with Crippen LogP contribution >= 0.6 is 0 Å². The molecule has 0 aromatic heterocycles. The lowest BCUT2D eigenvalue weighted by atomic mass is 9.48. The third kappa shape index (κ3) is 5.81. The van der Waals surface area contributed by atoms with E-state index in [2.05, 4.69) is 21.2 Å². The van der Waals surface area contributed by atoms with E-state index in [1.165, 1.54) is 6.08 Å². The Kier molecular flexibility index (Phi) is 8.37. The van der Waals surface area contributed by atoms with Crippen LogP contribution in [-0.2, 0) is 23.8 Å². The summed E-state index contributed by atoms with van der Waals surface area (Å²) in [4.78, 5) is 13.2. The summed E-state index contributed by atoms with van der Waals surface area (Å²) in [6.07, 6.45) is -10.8. The number of hydrogen-bond donors (Lipinski definition) is 1. The molecule has 0 aliphatic heterocycles. The molecule has 6 atom stereocenters. The van der Waals surface area contributed by atoms with Crippen LogP contribution in [0.3, 0.4) is 0 Å². The number of halogens is 8. The van der Waals surface area contributed by atoms with Crippen LogP contribution in [0.25, 0.3) is 0 Å². The topological polar surface area (TPSA) is 81.7 Å². The Morgan fingerprint density at radius 1 is 1.00 bits per heavy atom. The minimum absolute atomic E-state index is 0.0310. The van der Waals surface area contributed by atoms with E-state index in [9.17, 15) is 48.3 Å². The van der Waals surface area contributed by atoms with Gasteiger partial charge in [-0.05, 0) is 99.5 Å². The molecule has 0 aromatic rings. The highest BCUT2D eigenvalue weighted by Crippen LogP contribution is 2.66. The summed E-state index contributed by atoms with van der Waals surface area (Å²) in [7, 11) is -6.66. The molecule has 1 N–H and O–H groups in total. The van der Waals surface area contributed by atoms with Gasteiger partial charge in [-0.25, -0.2) is 13.5 Å². The molecule has 0 bridgehead atoms. The molecule has 43 heavy (non-hydrogen) atoms. The number of nitrogens with one attached hydrogen (secondary N) is 1. The predicted octanol–water partition coefficient (Wildman–Crippen LogP) is 7.38. The number of allylic oxidation sites excluding steroid dienone is 4. The molecule has 0 spiro atoms. The maximum absolute atomic E-state index is 14.3. The number of rotatable bonds is 8. The van der Waals surface area contributed by atoms with Crippen molar-refractivity contribution in [1.82, 2.24) is 5.32 Å². The maximum Gasteiger partial charge on any atom is 0.471 e. The second-order valence-electron chi connectivity index (χ2n) is 13.7. The van der Waals surface area contributed by atoms with Crippen LogP contribution in [0.5, 0.6) is 0 Å². The van der Waals surface area contributed by atoms with E-state index in [0.29, 0.717) is 12.0 Å². The molecule has 0 saturated heterocycles. The first-order chi connectivity index (χ1) is 19.4. The van der Waals surface area contributed by atoms with Gasteiger partial charge < -0.3 is 9.50 Å². The van der Waals surface area contributed by atoms with E-state index in [0.717, 1.165) is 25.7 Å². The molecule has 0 aromatic carbocycles. The van der Waals surface area contributed by atoms with Gasteiger partial charge in [-0.1, -0.05) is 19.9 Å². The Morgan fingerprint density at radius 3 is 2.21 bits per heavy atom. The number of carbonyl (C=O) groups is 1. The summed E-state index contributed by atoms with van der Waals surface area (Å²) >= 11 is 0. The summed E-state index contributed by atoms with van der Waals surface area (Å²) < 4.78 is 138. The Labute approximate surface area is 245 Å². The van der Waals surface area contributed by atoms with E-state index in [1.54, 1.807) is 0 Å². The van der Waals surface area contributed by atoms with Crippen molar-refractivity contribution in [2.75, 3.05) is 0 Å². The number of fused-ring (bicyclic) bond motifs is 5. The SMILES string of the molecule is CC(C)(C)NC(=O)[C@H]1CC[C@H]2[C@@H]3CC=C4C=C(OS(=O)(=O)C(F)(F)C(F)(F)OC(F)(F)C(F)F)CC[C@]4(C)[C@H]3CC[C@]12C. The van der Waals surface area contributed by atoms with Crippen molar-refractivity contribution in [3.05, 3.63) is 23.5 Å². The van der Waals surface area contributed by atoms with Crippen LogP contribution in [0.4, 0.5) is 35.1 Å². The molecular weight excluding hydrogens is 614 g/mol. The van der Waals surface area contributed by atoms with Gasteiger partial charge in [-0.2, -0.15) is 34.8 Å². The van der Waals surface area contributed by atoms with Gasteiger partial charge in [0.25, 0.3) is 0 Å². The van der Waals surface area contributed by atoms with E-state index in [-0.39, 0.29) is 53.4 Å². The number of amides is 1. The largest absolute Gasteiger partial charge is 0.471 e. The number of alkyl halides is 8. The summed E-state index contributed by atoms with van der Waals surface area (Å²) in [6, 6.07) is 0. The van der Waals surface area contributed by atoms with Crippen molar-refractivity contribution in [2.45, 2.75) is 109 Å². The van der Waals surface area contributed by atoms with Crippen molar-refractivity contribution >= 4 is 16.0 Å². The Bertz CT molecular complexity index is 1290. The third-order valence-electron chi connectivity index (χ3n) is 9.93. The van der Waals surface area contributed by atoms with Crippen LogP contribution in [0.15, 0.2) is 23.5 Å². The van der Waals surface area contributed by atoms with E-state index in [1.807, 2.05) is 33.8 Å². The van der Waals surface area contributed by atoms with Crippen LogP contribution in [0.1, 0.15) is 79.6 Å². The monoisotopic (exact) mass is 651 g/mol. The van der Waals surface area contributed by atoms with Crippen LogP contribution in [-0.4, -0.2) is 43.8 Å². The first-order valence-electron chi connectivity index (χ1n) is 14.2. The number of ether oxygens (including phenoxy) is 1. The van der Waals surface area contributed by atoms with Crippen LogP contribution in [0.2, 0.25) is 0 Å². The summed E-state index contributed by atoms with van der Waals surface area (Å²) in [6.45, 7) is 9.90. The van der Waals surface area contributed by atoms with Crippen molar-refractivity contribution < 1.29 is 57.3 Å². The number of hydrogen-bond acceptors (Lipinski definition) is 5. The highest BCUT2D eigenvalue weighted by atomic mass is 32.2. The van der Waals surface area contributed by atoms with Gasteiger partial charge in [-0.3, -0.25) is 4.79 Å². The van der Waals surface area contributed by atoms with E-state index < -0.39 is 45.2 Å². The van der Waals surface area contributed by atoms with E-state index in [4.69, 9.17) is 0 Å². The minimum Gasteiger partial charge on any atom is -0.382 e. The van der Waals surface area contributed by atoms with Gasteiger partial charge in [0.2, 0.25) is 5.91 Å². The molecule has 4 rings (SSSR count). The van der Waals surface area contributed by atoms with Crippen molar-refractivity contribution in [1.29, 1.82) is 0 Å². The molecule has 2 fully saturated rings.